The van der Waals surface area contributed by atoms with Crippen LogP contribution in [-0.4, -0.2) is 11.8 Å². The molecule has 1 aromatic carbocycles. The second-order valence-corrected chi connectivity index (χ2v) is 6.23. The molecule has 19 heavy (non-hydrogen) atoms. The normalized spacial score (nSPS) is 16.3. The van der Waals surface area contributed by atoms with Crippen LogP contribution in [0.25, 0.3) is 6.08 Å². The van der Waals surface area contributed by atoms with Gasteiger partial charge in [0.1, 0.15) is 0 Å². The van der Waals surface area contributed by atoms with Crippen molar-refractivity contribution in [2.75, 3.05) is 0 Å². The van der Waals surface area contributed by atoms with E-state index in [1.54, 1.807) is 0 Å². The zero-order valence-electron chi connectivity index (χ0n) is 9.01. The topological polar surface area (TPSA) is 0 Å². The summed E-state index contributed by atoms with van der Waals surface area (Å²) in [5, 5.41) is 0. The Hall–Kier alpha value is -1.17. The van der Waals surface area contributed by atoms with Gasteiger partial charge in [-0.2, -0.15) is 0 Å². The van der Waals surface area contributed by atoms with Gasteiger partial charge in [0.05, 0.1) is 0 Å². The van der Waals surface area contributed by atoms with E-state index in [4.69, 9.17) is 0 Å². The fourth-order valence-electron chi connectivity index (χ4n) is 1.08. The van der Waals surface area contributed by atoms with Crippen LogP contribution in [0.3, 0.4) is 0 Å². The third-order valence-electron chi connectivity index (χ3n) is 2.13. The Kier molecular flexibility index (Phi) is 3.71. The molecule has 1 rings (SSSR count). The monoisotopic (exact) mass is 310 g/mol. The van der Waals surface area contributed by atoms with Crippen LogP contribution in [0.2, 0.25) is 0 Å². The van der Waals surface area contributed by atoms with Gasteiger partial charge in [0, 0.05) is 0 Å². The molecule has 0 aliphatic heterocycles. The summed E-state index contributed by atoms with van der Waals surface area (Å²) in [5.41, 5.74) is -6.83. The van der Waals surface area contributed by atoms with Crippen LogP contribution >= 0.6 is 7.54 Å². The summed E-state index contributed by atoms with van der Waals surface area (Å²) < 4.78 is 99.5. The van der Waals surface area contributed by atoms with Gasteiger partial charge in [-0.1, -0.05) is 0 Å². The first-order chi connectivity index (χ1) is 8.36. The summed E-state index contributed by atoms with van der Waals surface area (Å²) in [4.78, 5) is 0. The predicted molar refractivity (Wildman–Crippen MR) is 56.7 cm³/mol. The van der Waals surface area contributed by atoms with Crippen LogP contribution in [0, 0.1) is 0 Å². The molecule has 0 unspecified atom stereocenters. The molecule has 9 heteroatoms. The van der Waals surface area contributed by atoms with Crippen molar-refractivity contribution in [3.63, 3.8) is 0 Å². The maximum absolute atomic E-state index is 13.0. The first-order valence-electron chi connectivity index (χ1n) is 4.72. The Morgan fingerprint density at radius 2 is 1.32 bits per heavy atom. The van der Waals surface area contributed by atoms with E-state index in [9.17, 15) is 34.5 Å². The summed E-state index contributed by atoms with van der Waals surface area (Å²) in [5.74, 6) is -0.964. The van der Waals surface area contributed by atoms with Crippen LogP contribution in [0.1, 0.15) is 5.56 Å². The Morgan fingerprint density at radius 1 is 0.842 bits per heavy atom. The third kappa shape index (κ3) is 3.05. The van der Waals surface area contributed by atoms with Crippen molar-refractivity contribution >= 4 is 13.6 Å². The van der Waals surface area contributed by atoms with Gasteiger partial charge in [-0.05, 0) is 0 Å². The number of benzene rings is 1. The van der Waals surface area contributed by atoms with E-state index in [0.717, 1.165) is 12.1 Å². The van der Waals surface area contributed by atoms with Crippen molar-refractivity contribution in [2.45, 2.75) is 11.8 Å². The average Bonchev–Trinajstić information content (AvgIpc) is 2.26. The van der Waals surface area contributed by atoms with E-state index >= 15 is 0 Å². The molecule has 1 aromatic rings. The van der Waals surface area contributed by atoms with Gasteiger partial charge >= 0.3 is 102 Å². The summed E-state index contributed by atoms with van der Waals surface area (Å²) in [6, 6.07) is 6.40. The fourth-order valence-corrected chi connectivity index (χ4v) is 2.12. The number of hydrogen-bond donors (Lipinski definition) is 0. The van der Waals surface area contributed by atoms with Crippen molar-refractivity contribution in [3.05, 3.63) is 41.7 Å². The molecule has 0 heterocycles. The summed E-state index contributed by atoms with van der Waals surface area (Å²) in [6.45, 7) is 0. The molecule has 0 saturated heterocycles. The summed E-state index contributed by atoms with van der Waals surface area (Å²) in [6.07, 6.45) is -6.46. The molecule has 0 nitrogen and oxygen atoms in total. The Morgan fingerprint density at radius 3 is 1.74 bits per heavy atom. The van der Waals surface area contributed by atoms with E-state index in [-0.39, 0.29) is 11.6 Å². The van der Waals surface area contributed by atoms with Gasteiger partial charge in [0.2, 0.25) is 0 Å². The standard InChI is InChI=1S/C10H7F8P/c11-9(12,13)10(14,15)19(16,17,18)7-6-8-4-2-1-3-5-8/h1-7H. The Labute approximate surface area is 103 Å². The molecule has 108 valence electrons. The second kappa shape index (κ2) is 4.44. The molecule has 0 aliphatic rings. The van der Waals surface area contributed by atoms with Crippen molar-refractivity contribution in [3.8, 4) is 0 Å². The third-order valence-corrected chi connectivity index (χ3v) is 3.98. The van der Waals surface area contributed by atoms with Gasteiger partial charge in [-0.15, -0.1) is 0 Å². The maximum atomic E-state index is 13.0. The molecular formula is C10H7F8P. The molecule has 0 bridgehead atoms. The average molecular weight is 310 g/mol. The van der Waals surface area contributed by atoms with Crippen LogP contribution in [0.5, 0.6) is 0 Å². The zero-order chi connectivity index (χ0) is 15.0. The molecule has 0 amide bonds. The van der Waals surface area contributed by atoms with Crippen molar-refractivity contribution < 1.29 is 34.5 Å². The predicted octanol–water partition coefficient (Wildman–Crippen LogP) is 6.02. The molecule has 0 aliphatic carbocycles. The number of rotatable bonds is 3. The summed E-state index contributed by atoms with van der Waals surface area (Å²) >= 11 is 0. The number of halogens is 8. The second-order valence-electron chi connectivity index (χ2n) is 3.63. The molecule has 0 fully saturated rings. The molecule has 0 spiro atoms. The molecular weight excluding hydrogens is 303 g/mol. The molecule has 0 radical (unpaired) electrons. The van der Waals surface area contributed by atoms with Crippen LogP contribution in [-0.2, 0) is 0 Å². The van der Waals surface area contributed by atoms with Crippen molar-refractivity contribution in [1.82, 2.24) is 0 Å². The van der Waals surface area contributed by atoms with Crippen molar-refractivity contribution in [2.24, 2.45) is 0 Å². The van der Waals surface area contributed by atoms with Crippen LogP contribution in [0.4, 0.5) is 34.5 Å². The quantitative estimate of drug-likeness (QED) is 0.473. The first-order valence-corrected chi connectivity index (χ1v) is 6.69. The molecule has 0 saturated carbocycles. The fraction of sp³-hybridized carbons (Fsp3) is 0.200. The van der Waals surface area contributed by atoms with E-state index < -0.39 is 25.2 Å². The van der Waals surface area contributed by atoms with Gasteiger partial charge in [0.15, 0.2) is 0 Å². The Bertz CT molecular complexity index is 468. The number of alkyl halides is 5. The van der Waals surface area contributed by atoms with Gasteiger partial charge in [-0.25, -0.2) is 0 Å². The molecule has 0 aromatic heterocycles. The van der Waals surface area contributed by atoms with E-state index in [1.807, 2.05) is 0 Å². The van der Waals surface area contributed by atoms with Crippen LogP contribution < -0.4 is 0 Å². The SMILES string of the molecule is FC(F)(F)C(F)(F)P(F)(F)(F)C=Cc1ccccc1. The first kappa shape index (κ1) is 15.9. The zero-order valence-corrected chi connectivity index (χ0v) is 9.91. The van der Waals surface area contributed by atoms with E-state index in [1.165, 1.54) is 18.2 Å². The Balaban J connectivity index is 3.18. The number of hydrogen-bond acceptors (Lipinski definition) is 0. The van der Waals surface area contributed by atoms with Gasteiger partial charge < -0.3 is 0 Å². The van der Waals surface area contributed by atoms with E-state index in [0.29, 0.717) is 0 Å². The van der Waals surface area contributed by atoms with E-state index in [2.05, 4.69) is 0 Å². The summed E-state index contributed by atoms with van der Waals surface area (Å²) in [7, 11) is -8.87. The molecule has 0 atom stereocenters. The minimum absolute atomic E-state index is 0.123. The minimum atomic E-state index is -8.87. The van der Waals surface area contributed by atoms with Crippen molar-refractivity contribution in [1.29, 1.82) is 0 Å². The van der Waals surface area contributed by atoms with Crippen LogP contribution in [0.15, 0.2) is 36.1 Å². The van der Waals surface area contributed by atoms with Gasteiger partial charge in [0.25, 0.3) is 0 Å². The van der Waals surface area contributed by atoms with Gasteiger partial charge in [-0.3, -0.25) is 0 Å². The molecule has 0 N–H and O–H groups in total.